The van der Waals surface area contributed by atoms with Crippen LogP contribution in [0, 0.1) is 5.13 Å². The van der Waals surface area contributed by atoms with Gasteiger partial charge in [-0.25, -0.2) is 4.98 Å². The van der Waals surface area contributed by atoms with Crippen molar-refractivity contribution >= 4 is 40.0 Å². The standard InChI is InChI=1S/C23H17ClFN3O2S/c1-14(13-29)19-11-17(6-9-20(19)30-18-7-4-16(24)5-8-18)27-23-28-21(22(25)31-23)15-3-2-10-26-12-15/h2-14H,1H3,(H,27,28). The molecule has 1 unspecified atom stereocenters. The van der Waals surface area contributed by atoms with E-state index in [1.165, 1.54) is 0 Å². The smallest absolute Gasteiger partial charge is 0.206 e. The highest BCUT2D eigenvalue weighted by atomic mass is 35.5. The Labute approximate surface area is 187 Å². The summed E-state index contributed by atoms with van der Waals surface area (Å²) in [7, 11) is 0. The van der Waals surface area contributed by atoms with E-state index in [9.17, 15) is 9.18 Å². The molecule has 31 heavy (non-hydrogen) atoms. The lowest BCUT2D eigenvalue weighted by Gasteiger charge is -2.15. The first kappa shape index (κ1) is 21.0. The molecular weight excluding hydrogens is 437 g/mol. The van der Waals surface area contributed by atoms with Gasteiger partial charge in [0.25, 0.3) is 0 Å². The Bertz CT molecular complexity index is 1200. The molecule has 0 radical (unpaired) electrons. The minimum absolute atomic E-state index is 0.241. The summed E-state index contributed by atoms with van der Waals surface area (Å²) in [6, 6.07) is 15.8. The molecule has 0 aliphatic rings. The Morgan fingerprint density at radius 3 is 2.71 bits per heavy atom. The second-order valence-electron chi connectivity index (χ2n) is 6.74. The number of carbonyl (C=O) groups excluding carboxylic acids is 1. The fourth-order valence-corrected chi connectivity index (χ4v) is 3.80. The Kier molecular flexibility index (Phi) is 6.25. The number of ether oxygens (including phenoxy) is 1. The highest BCUT2D eigenvalue weighted by molar-refractivity contribution is 7.14. The first-order valence-corrected chi connectivity index (χ1v) is 10.6. The fraction of sp³-hybridized carbons (Fsp3) is 0.0870. The second-order valence-corrected chi connectivity index (χ2v) is 8.13. The van der Waals surface area contributed by atoms with Crippen molar-refractivity contribution < 1.29 is 13.9 Å². The number of thiazole rings is 1. The monoisotopic (exact) mass is 453 g/mol. The number of carbonyl (C=O) groups is 1. The third-order valence-electron chi connectivity index (χ3n) is 4.52. The Morgan fingerprint density at radius 2 is 2.00 bits per heavy atom. The zero-order chi connectivity index (χ0) is 21.8. The molecule has 2 aromatic carbocycles. The zero-order valence-electron chi connectivity index (χ0n) is 16.4. The van der Waals surface area contributed by atoms with Crippen molar-refractivity contribution in [3.63, 3.8) is 0 Å². The SMILES string of the molecule is CC(C=O)c1cc(Nc2nc(-c3cccnc3)c(F)s2)ccc1Oc1ccc(Cl)cc1. The van der Waals surface area contributed by atoms with E-state index in [-0.39, 0.29) is 5.69 Å². The Hall–Kier alpha value is -3.29. The van der Waals surface area contributed by atoms with Crippen LogP contribution in [0.25, 0.3) is 11.3 Å². The second kappa shape index (κ2) is 9.24. The number of rotatable bonds is 7. The molecule has 1 atom stereocenters. The van der Waals surface area contributed by atoms with Gasteiger partial charge in [0, 0.05) is 40.1 Å². The lowest BCUT2D eigenvalue weighted by Crippen LogP contribution is -2.00. The minimum atomic E-state index is -0.403. The van der Waals surface area contributed by atoms with E-state index in [0.717, 1.165) is 17.6 Å². The zero-order valence-corrected chi connectivity index (χ0v) is 18.0. The van der Waals surface area contributed by atoms with Crippen LogP contribution in [0.4, 0.5) is 15.2 Å². The summed E-state index contributed by atoms with van der Waals surface area (Å²) in [5, 5.41) is 3.71. The molecule has 0 fully saturated rings. The first-order chi connectivity index (χ1) is 15.0. The van der Waals surface area contributed by atoms with Crippen molar-refractivity contribution in [3.8, 4) is 22.8 Å². The predicted octanol–water partition coefficient (Wildman–Crippen LogP) is 6.84. The quantitative estimate of drug-likeness (QED) is 0.310. The number of nitrogens with zero attached hydrogens (tertiary/aromatic N) is 2. The average Bonchev–Trinajstić information content (AvgIpc) is 3.16. The van der Waals surface area contributed by atoms with Crippen LogP contribution in [0.15, 0.2) is 67.0 Å². The van der Waals surface area contributed by atoms with E-state index in [1.807, 2.05) is 0 Å². The normalized spacial score (nSPS) is 11.7. The molecule has 2 aromatic heterocycles. The highest BCUT2D eigenvalue weighted by Crippen LogP contribution is 2.35. The van der Waals surface area contributed by atoms with E-state index < -0.39 is 11.0 Å². The van der Waals surface area contributed by atoms with Gasteiger partial charge in [-0.1, -0.05) is 29.9 Å². The largest absolute Gasteiger partial charge is 0.457 e. The molecule has 2 heterocycles. The number of aromatic nitrogens is 2. The number of anilines is 2. The molecule has 0 aliphatic carbocycles. The van der Waals surface area contributed by atoms with Gasteiger partial charge in [-0.15, -0.1) is 0 Å². The van der Waals surface area contributed by atoms with Crippen molar-refractivity contribution in [1.82, 2.24) is 9.97 Å². The van der Waals surface area contributed by atoms with Gasteiger partial charge in [0.05, 0.1) is 0 Å². The topological polar surface area (TPSA) is 64.1 Å². The predicted molar refractivity (Wildman–Crippen MR) is 121 cm³/mol. The van der Waals surface area contributed by atoms with Gasteiger partial charge in [0.15, 0.2) is 5.13 Å². The number of hydrogen-bond donors (Lipinski definition) is 1. The number of aldehydes is 1. The molecule has 0 saturated heterocycles. The molecule has 4 rings (SSSR count). The summed E-state index contributed by atoms with van der Waals surface area (Å²) in [5.41, 5.74) is 2.20. The molecule has 1 N–H and O–H groups in total. The van der Waals surface area contributed by atoms with Crippen LogP contribution in [0.1, 0.15) is 18.4 Å². The first-order valence-electron chi connectivity index (χ1n) is 9.40. The maximum absolute atomic E-state index is 14.4. The molecule has 5 nitrogen and oxygen atoms in total. The molecule has 0 amide bonds. The van der Waals surface area contributed by atoms with E-state index in [0.29, 0.717) is 38.5 Å². The van der Waals surface area contributed by atoms with E-state index in [1.54, 1.807) is 73.9 Å². The van der Waals surface area contributed by atoms with E-state index >= 15 is 0 Å². The number of nitrogens with one attached hydrogen (secondary N) is 1. The van der Waals surface area contributed by atoms with Gasteiger partial charge in [0.1, 0.15) is 23.5 Å². The average molecular weight is 454 g/mol. The summed E-state index contributed by atoms with van der Waals surface area (Å²) < 4.78 is 20.4. The van der Waals surface area contributed by atoms with E-state index in [2.05, 4.69) is 15.3 Å². The van der Waals surface area contributed by atoms with Crippen LogP contribution in [-0.4, -0.2) is 16.3 Å². The summed E-state index contributed by atoms with van der Waals surface area (Å²) in [6.07, 6.45) is 4.03. The maximum Gasteiger partial charge on any atom is 0.206 e. The summed E-state index contributed by atoms with van der Waals surface area (Å²) in [5.74, 6) is 0.754. The third-order valence-corrected chi connectivity index (χ3v) is 5.53. The van der Waals surface area contributed by atoms with Crippen LogP contribution < -0.4 is 10.1 Å². The van der Waals surface area contributed by atoms with Gasteiger partial charge in [0.2, 0.25) is 5.13 Å². The minimum Gasteiger partial charge on any atom is -0.457 e. The van der Waals surface area contributed by atoms with Gasteiger partial charge in [-0.05, 0) is 54.6 Å². The molecule has 0 spiro atoms. The van der Waals surface area contributed by atoms with Crippen molar-refractivity contribution in [2.45, 2.75) is 12.8 Å². The summed E-state index contributed by atoms with van der Waals surface area (Å²) >= 11 is 6.83. The lowest BCUT2D eigenvalue weighted by molar-refractivity contribution is -0.108. The van der Waals surface area contributed by atoms with Crippen LogP contribution >= 0.6 is 22.9 Å². The summed E-state index contributed by atoms with van der Waals surface area (Å²) in [4.78, 5) is 19.8. The van der Waals surface area contributed by atoms with Crippen molar-refractivity contribution in [2.75, 3.05) is 5.32 Å². The van der Waals surface area contributed by atoms with Gasteiger partial charge in [-0.2, -0.15) is 4.39 Å². The number of benzene rings is 2. The molecule has 8 heteroatoms. The van der Waals surface area contributed by atoms with Crippen LogP contribution in [0.5, 0.6) is 11.5 Å². The maximum atomic E-state index is 14.4. The molecule has 156 valence electrons. The Morgan fingerprint density at radius 1 is 1.19 bits per heavy atom. The van der Waals surface area contributed by atoms with Crippen LogP contribution in [0.3, 0.4) is 0 Å². The van der Waals surface area contributed by atoms with E-state index in [4.69, 9.17) is 16.3 Å². The fourth-order valence-electron chi connectivity index (χ4n) is 2.94. The third kappa shape index (κ3) is 4.90. The number of pyridine rings is 1. The van der Waals surface area contributed by atoms with Crippen LogP contribution in [0.2, 0.25) is 5.02 Å². The van der Waals surface area contributed by atoms with Crippen molar-refractivity contribution in [1.29, 1.82) is 0 Å². The highest BCUT2D eigenvalue weighted by Gasteiger charge is 2.16. The molecule has 0 bridgehead atoms. The number of halogens is 2. The number of hydrogen-bond acceptors (Lipinski definition) is 6. The van der Waals surface area contributed by atoms with Crippen molar-refractivity contribution in [3.05, 3.63) is 82.7 Å². The molecule has 4 aromatic rings. The van der Waals surface area contributed by atoms with Crippen molar-refractivity contribution in [2.24, 2.45) is 0 Å². The Balaban J connectivity index is 1.61. The van der Waals surface area contributed by atoms with Crippen LogP contribution in [-0.2, 0) is 4.79 Å². The van der Waals surface area contributed by atoms with Gasteiger partial charge < -0.3 is 14.8 Å². The van der Waals surface area contributed by atoms with Gasteiger partial charge in [-0.3, -0.25) is 4.98 Å². The molecule has 0 saturated carbocycles. The molecule has 0 aliphatic heterocycles. The summed E-state index contributed by atoms with van der Waals surface area (Å²) in [6.45, 7) is 1.78. The van der Waals surface area contributed by atoms with Gasteiger partial charge >= 0.3 is 0 Å². The lowest BCUT2D eigenvalue weighted by atomic mass is 10.0. The molecular formula is C23H17ClFN3O2S.